The van der Waals surface area contributed by atoms with Crippen molar-refractivity contribution in [3.8, 4) is 22.8 Å². The van der Waals surface area contributed by atoms with Crippen LogP contribution < -0.4 is 20.1 Å². The van der Waals surface area contributed by atoms with E-state index in [9.17, 15) is 5.11 Å². The van der Waals surface area contributed by atoms with Crippen LogP contribution in [0.3, 0.4) is 0 Å². The number of aromatic nitrogens is 3. The van der Waals surface area contributed by atoms with Crippen LogP contribution in [0.25, 0.3) is 22.2 Å². The van der Waals surface area contributed by atoms with Crippen molar-refractivity contribution in [2.75, 3.05) is 37.9 Å². The molecule has 2 aromatic heterocycles. The fraction of sp³-hybridized carbons (Fsp3) is 0.381. The Morgan fingerprint density at radius 1 is 1.20 bits per heavy atom. The first-order chi connectivity index (χ1) is 14.3. The molecule has 0 radical (unpaired) electrons. The number of ether oxygens (including phenoxy) is 2. The topological polar surface area (TPSA) is 107 Å². The Morgan fingerprint density at radius 3 is 2.50 bits per heavy atom. The van der Waals surface area contributed by atoms with E-state index in [-0.39, 0.29) is 5.95 Å². The minimum absolute atomic E-state index is 0.168. The Bertz CT molecular complexity index is 1130. The lowest BCUT2D eigenvalue weighted by molar-refractivity contribution is 0.0307. The van der Waals surface area contributed by atoms with Gasteiger partial charge in [0.15, 0.2) is 5.82 Å². The van der Waals surface area contributed by atoms with Gasteiger partial charge in [-0.1, -0.05) is 18.5 Å². The summed E-state index contributed by atoms with van der Waals surface area (Å²) in [6, 6.07) is 3.67. The van der Waals surface area contributed by atoms with E-state index in [1.54, 1.807) is 33.4 Å². The maximum Gasteiger partial charge on any atom is 0.220 e. The molecule has 1 aliphatic rings. The third-order valence-electron chi connectivity index (χ3n) is 5.28. The standard InChI is InChI=1S/C21H24ClN5O3/c1-5-12-14(29-3)7-15(30-4)17(22)16(12)13-6-11-8-24-20(23)26-18(11)19(25-13)27-9-21(2,28)10-27/h6-8,28H,5,9-10H2,1-4H3,(H2,23,24,26). The third kappa shape index (κ3) is 3.36. The summed E-state index contributed by atoms with van der Waals surface area (Å²) in [5.41, 5.74) is 8.00. The van der Waals surface area contributed by atoms with Crippen LogP contribution in [0.15, 0.2) is 18.3 Å². The van der Waals surface area contributed by atoms with Gasteiger partial charge in [0.2, 0.25) is 5.95 Å². The van der Waals surface area contributed by atoms with E-state index in [1.165, 1.54) is 0 Å². The molecule has 0 amide bonds. The van der Waals surface area contributed by atoms with Crippen molar-refractivity contribution < 1.29 is 14.6 Å². The minimum atomic E-state index is -0.770. The van der Waals surface area contributed by atoms with Crippen LogP contribution in [-0.2, 0) is 6.42 Å². The van der Waals surface area contributed by atoms with Crippen LogP contribution in [0.2, 0.25) is 5.02 Å². The lowest BCUT2D eigenvalue weighted by Gasteiger charge is -2.45. The molecule has 30 heavy (non-hydrogen) atoms. The summed E-state index contributed by atoms with van der Waals surface area (Å²) in [6.07, 6.45) is 2.36. The van der Waals surface area contributed by atoms with Gasteiger partial charge in [0, 0.05) is 41.9 Å². The maximum atomic E-state index is 10.2. The van der Waals surface area contributed by atoms with Gasteiger partial charge in [-0.05, 0) is 19.4 Å². The van der Waals surface area contributed by atoms with Crippen molar-refractivity contribution in [3.63, 3.8) is 0 Å². The van der Waals surface area contributed by atoms with E-state index in [0.717, 1.165) is 16.5 Å². The van der Waals surface area contributed by atoms with E-state index in [2.05, 4.69) is 9.97 Å². The number of hydrogen-bond donors (Lipinski definition) is 2. The fourth-order valence-electron chi connectivity index (χ4n) is 3.91. The van der Waals surface area contributed by atoms with Crippen molar-refractivity contribution in [2.45, 2.75) is 25.9 Å². The van der Waals surface area contributed by atoms with E-state index in [1.807, 2.05) is 17.9 Å². The number of β-amino-alcohol motifs (C(OH)–C–C–N with tert-alkyl or cyclic N) is 1. The van der Waals surface area contributed by atoms with Crippen LogP contribution in [0.4, 0.5) is 11.8 Å². The quantitative estimate of drug-likeness (QED) is 0.637. The number of anilines is 2. The second kappa shape index (κ2) is 7.45. The summed E-state index contributed by atoms with van der Waals surface area (Å²) in [7, 11) is 3.18. The molecule has 1 aliphatic heterocycles. The van der Waals surface area contributed by atoms with Gasteiger partial charge < -0.3 is 25.2 Å². The summed E-state index contributed by atoms with van der Waals surface area (Å²) in [4.78, 5) is 15.4. The molecule has 158 valence electrons. The first-order valence-electron chi connectivity index (χ1n) is 9.62. The molecule has 1 saturated heterocycles. The highest BCUT2D eigenvalue weighted by Crippen LogP contribution is 2.44. The number of hydrogen-bond acceptors (Lipinski definition) is 8. The average molecular weight is 430 g/mol. The van der Waals surface area contributed by atoms with Gasteiger partial charge in [0.25, 0.3) is 0 Å². The zero-order valence-corrected chi connectivity index (χ0v) is 18.1. The van der Waals surface area contributed by atoms with E-state index < -0.39 is 5.60 Å². The molecule has 9 heteroatoms. The number of aliphatic hydroxyl groups is 1. The molecule has 0 unspecified atom stereocenters. The van der Waals surface area contributed by atoms with Gasteiger partial charge in [0.1, 0.15) is 17.0 Å². The van der Waals surface area contributed by atoms with Gasteiger partial charge >= 0.3 is 0 Å². The highest BCUT2D eigenvalue weighted by Gasteiger charge is 2.38. The number of nitrogens with two attached hydrogens (primary N) is 1. The first kappa shape index (κ1) is 20.4. The average Bonchev–Trinajstić information content (AvgIpc) is 2.70. The second-order valence-corrected chi connectivity index (χ2v) is 8.03. The summed E-state index contributed by atoms with van der Waals surface area (Å²) < 4.78 is 11.1. The van der Waals surface area contributed by atoms with Crippen LogP contribution >= 0.6 is 11.6 Å². The molecule has 1 fully saturated rings. The van der Waals surface area contributed by atoms with Crippen molar-refractivity contribution in [3.05, 3.63) is 28.9 Å². The normalized spacial score (nSPS) is 15.2. The Hall–Kier alpha value is -2.84. The molecule has 3 heterocycles. The maximum absolute atomic E-state index is 10.2. The first-order valence-corrected chi connectivity index (χ1v) is 10.00. The van der Waals surface area contributed by atoms with Crippen LogP contribution in [-0.4, -0.2) is 53.0 Å². The van der Waals surface area contributed by atoms with E-state index in [4.69, 9.17) is 31.8 Å². The molecule has 3 aromatic rings. The largest absolute Gasteiger partial charge is 0.496 e. The molecule has 0 spiro atoms. The lowest BCUT2D eigenvalue weighted by atomic mass is 9.96. The van der Waals surface area contributed by atoms with Crippen LogP contribution in [0.1, 0.15) is 19.4 Å². The number of nitrogens with zero attached hydrogens (tertiary/aromatic N) is 4. The molecule has 0 bridgehead atoms. The highest BCUT2D eigenvalue weighted by molar-refractivity contribution is 6.35. The number of nitrogen functional groups attached to an aromatic ring is 1. The minimum Gasteiger partial charge on any atom is -0.496 e. The monoisotopic (exact) mass is 429 g/mol. The van der Waals surface area contributed by atoms with Crippen molar-refractivity contribution in [1.82, 2.24) is 15.0 Å². The molecule has 3 N–H and O–H groups in total. The predicted octanol–water partition coefficient (Wildman–Crippen LogP) is 3.08. The van der Waals surface area contributed by atoms with Crippen molar-refractivity contribution in [1.29, 1.82) is 0 Å². The van der Waals surface area contributed by atoms with Gasteiger partial charge in [-0.3, -0.25) is 0 Å². The van der Waals surface area contributed by atoms with Crippen molar-refractivity contribution in [2.24, 2.45) is 0 Å². The number of benzene rings is 1. The number of rotatable bonds is 5. The third-order valence-corrected chi connectivity index (χ3v) is 5.65. The van der Waals surface area contributed by atoms with Crippen LogP contribution in [0, 0.1) is 0 Å². The van der Waals surface area contributed by atoms with E-state index >= 15 is 0 Å². The summed E-state index contributed by atoms with van der Waals surface area (Å²) in [5.74, 6) is 1.98. The highest BCUT2D eigenvalue weighted by atomic mass is 35.5. The summed E-state index contributed by atoms with van der Waals surface area (Å²) in [5, 5.41) is 11.5. The molecular weight excluding hydrogens is 406 g/mol. The molecule has 4 rings (SSSR count). The van der Waals surface area contributed by atoms with Gasteiger partial charge in [-0.2, -0.15) is 0 Å². The summed E-state index contributed by atoms with van der Waals surface area (Å²) in [6.45, 7) is 4.71. The molecular formula is C21H24ClN5O3. The molecule has 0 aliphatic carbocycles. The Balaban J connectivity index is 2.00. The molecule has 0 atom stereocenters. The van der Waals surface area contributed by atoms with E-state index in [0.29, 0.717) is 53.1 Å². The molecule has 1 aromatic carbocycles. The summed E-state index contributed by atoms with van der Waals surface area (Å²) >= 11 is 6.73. The SMILES string of the molecule is CCc1c(OC)cc(OC)c(Cl)c1-c1cc2cnc(N)nc2c(N2CC(C)(O)C2)n1. The second-order valence-electron chi connectivity index (χ2n) is 7.65. The van der Waals surface area contributed by atoms with Crippen LogP contribution in [0.5, 0.6) is 11.5 Å². The smallest absolute Gasteiger partial charge is 0.220 e. The zero-order valence-electron chi connectivity index (χ0n) is 17.4. The number of pyridine rings is 1. The Labute approximate surface area is 179 Å². The number of methoxy groups -OCH3 is 2. The van der Waals surface area contributed by atoms with Gasteiger partial charge in [0.05, 0.1) is 30.5 Å². The Morgan fingerprint density at radius 2 is 1.90 bits per heavy atom. The number of fused-ring (bicyclic) bond motifs is 1. The van der Waals surface area contributed by atoms with Gasteiger partial charge in [-0.15, -0.1) is 0 Å². The Kier molecular flexibility index (Phi) is 5.07. The molecule has 8 nitrogen and oxygen atoms in total. The zero-order chi connectivity index (χ0) is 21.6. The number of halogens is 1. The van der Waals surface area contributed by atoms with Gasteiger partial charge in [-0.25, -0.2) is 15.0 Å². The predicted molar refractivity (Wildman–Crippen MR) is 118 cm³/mol. The molecule has 0 saturated carbocycles. The lowest BCUT2D eigenvalue weighted by Crippen LogP contribution is -2.60. The fourth-order valence-corrected chi connectivity index (χ4v) is 4.25. The van der Waals surface area contributed by atoms with Crippen molar-refractivity contribution >= 4 is 34.3 Å².